The van der Waals surface area contributed by atoms with Gasteiger partial charge in [-0.25, -0.2) is 52.6 Å². The molecule has 0 aromatic heterocycles. The number of sulfonamides is 3. The second-order valence-corrected chi connectivity index (χ2v) is 28.4. The predicted molar refractivity (Wildman–Crippen MR) is 344 cm³/mol. The Morgan fingerprint density at radius 2 is 0.745 bits per heavy atom. The lowest BCUT2D eigenvalue weighted by molar-refractivity contribution is -0.385. The van der Waals surface area contributed by atoms with Crippen molar-refractivity contribution in [2.24, 2.45) is 5.73 Å². The second-order valence-electron chi connectivity index (χ2n) is 20.5. The Morgan fingerprint density at radius 1 is 0.468 bits per heavy atom. The van der Waals surface area contributed by atoms with Crippen LogP contribution >= 0.6 is 10.7 Å². The van der Waals surface area contributed by atoms with Gasteiger partial charge >= 0.3 is 12.2 Å². The van der Waals surface area contributed by atoms with E-state index in [2.05, 4.69) is 44.4 Å². The largest absolute Gasteiger partial charge is 0.416 e. The van der Waals surface area contributed by atoms with Gasteiger partial charge in [0.2, 0.25) is 30.1 Å². The van der Waals surface area contributed by atoms with Crippen LogP contribution in [-0.4, -0.2) is 227 Å². The minimum atomic E-state index is -4.46. The molecular formula is C56H77ClF3N13O17S4. The van der Waals surface area contributed by atoms with Crippen LogP contribution in [0.4, 0.5) is 46.4 Å². The molecule has 94 heavy (non-hydrogen) atoms. The molecule has 5 aromatic rings. The number of carbonyl (C=O) groups is 1. The van der Waals surface area contributed by atoms with Gasteiger partial charge in [-0.2, -0.15) is 13.2 Å². The van der Waals surface area contributed by atoms with Crippen molar-refractivity contribution in [2.75, 3.05) is 174 Å². The maximum absolute atomic E-state index is 12.6. The van der Waals surface area contributed by atoms with E-state index in [1.807, 2.05) is 0 Å². The number of urea groups is 1. The number of alkyl halides is 3. The number of non-ortho nitro benzene ring substituents is 2. The Kier molecular flexibility index (Phi) is 32.2. The number of nitrogens with one attached hydrogen (secondary N) is 5. The number of ether oxygens (including phenoxy) is 4. The zero-order valence-electron chi connectivity index (χ0n) is 50.9. The molecule has 9 N–H and O–H groups in total. The van der Waals surface area contributed by atoms with E-state index in [0.29, 0.717) is 83.7 Å². The first-order valence-corrected chi connectivity index (χ1v) is 35.8. The van der Waals surface area contributed by atoms with Crippen molar-refractivity contribution in [1.82, 2.24) is 33.8 Å². The fourth-order valence-electron chi connectivity index (χ4n) is 8.62. The minimum Gasteiger partial charge on any atom is -0.399 e. The zero-order chi connectivity index (χ0) is 68.8. The van der Waals surface area contributed by atoms with Gasteiger partial charge in [0.05, 0.1) is 87.8 Å². The van der Waals surface area contributed by atoms with Gasteiger partial charge in [-0.05, 0) is 97.1 Å². The Hall–Kier alpha value is -6.63. The Labute approximate surface area is 548 Å². The van der Waals surface area contributed by atoms with Crippen LogP contribution in [-0.2, 0) is 64.2 Å². The lowest BCUT2D eigenvalue weighted by Gasteiger charge is -2.26. The van der Waals surface area contributed by atoms with Crippen molar-refractivity contribution in [3.05, 3.63) is 147 Å². The Balaban J connectivity index is 0.000000226. The molecule has 4 aliphatic heterocycles. The molecule has 4 fully saturated rings. The summed E-state index contributed by atoms with van der Waals surface area (Å²) in [5.74, 6) is 0. The van der Waals surface area contributed by atoms with Gasteiger partial charge in [0.1, 0.15) is 0 Å². The molecule has 0 radical (unpaired) electrons. The smallest absolute Gasteiger partial charge is 0.399 e. The highest BCUT2D eigenvalue weighted by molar-refractivity contribution is 8.13. The second kappa shape index (κ2) is 38.8. The van der Waals surface area contributed by atoms with Crippen molar-refractivity contribution in [1.29, 1.82) is 0 Å². The molecule has 0 aliphatic carbocycles. The number of rotatable bonds is 22. The third-order valence-corrected chi connectivity index (χ3v) is 19.6. The van der Waals surface area contributed by atoms with Crippen LogP contribution in [0, 0.1) is 20.2 Å². The summed E-state index contributed by atoms with van der Waals surface area (Å²) in [5.41, 5.74) is 10.8. The van der Waals surface area contributed by atoms with Gasteiger partial charge in [-0.1, -0.05) is 0 Å². The first-order chi connectivity index (χ1) is 44.5. The van der Waals surface area contributed by atoms with Crippen LogP contribution in [0.3, 0.4) is 0 Å². The number of nitro groups is 2. The quantitative estimate of drug-likeness (QED) is 0.0224. The van der Waals surface area contributed by atoms with Crippen LogP contribution < -0.4 is 36.3 Å². The molecule has 2 amide bonds. The fraction of sp³-hybridized carbons (Fsp3) is 0.446. The van der Waals surface area contributed by atoms with Gasteiger partial charge in [-0.3, -0.25) is 39.8 Å². The van der Waals surface area contributed by atoms with Crippen molar-refractivity contribution in [3.63, 3.8) is 0 Å². The van der Waals surface area contributed by atoms with Crippen molar-refractivity contribution < 1.29 is 80.4 Å². The molecule has 4 saturated heterocycles. The number of anilines is 3. The first-order valence-electron chi connectivity index (χ1n) is 29.1. The number of nitrogen functional groups attached to an aromatic ring is 1. The number of carbonyl (C=O) groups excluding carboxylic acids is 1. The molecular weight excluding hydrogens is 1350 g/mol. The summed E-state index contributed by atoms with van der Waals surface area (Å²) in [7, 11) is -9.58. The van der Waals surface area contributed by atoms with Crippen LogP contribution in [0.1, 0.15) is 5.56 Å². The lowest BCUT2D eigenvalue weighted by atomic mass is 10.2. The van der Waals surface area contributed by atoms with Gasteiger partial charge in [0, 0.05) is 157 Å². The SMILES string of the molecule is NCCN1CCOCC1.Nc1ccc(S(=O)(=O)NCCN2CCOCC2)cc1.O=C(Nc1ccc(C(F)(F)F)cc1)Nc1ccc(S(=O)(=O)NCCN2CCOCC2)cc1.O=[N+]([O-])c1ccc(S(=O)(=O)Cl)cc1.O=[N+]([O-])c1ccc(S(=O)(=O)NCCN2CCOCC2)cc1. The summed E-state index contributed by atoms with van der Waals surface area (Å²) in [6, 6.07) is 24.2. The monoisotopic (exact) mass is 1420 g/mol. The third-order valence-electron chi connectivity index (χ3n) is 13.8. The average molecular weight is 1430 g/mol. The topological polar surface area (TPSA) is 402 Å². The molecule has 0 spiro atoms. The van der Waals surface area contributed by atoms with Gasteiger partial charge in [0.25, 0.3) is 20.4 Å². The normalized spacial score (nSPS) is 16.2. The fourth-order valence-corrected chi connectivity index (χ4v) is 12.5. The van der Waals surface area contributed by atoms with Crippen LogP contribution in [0.15, 0.2) is 141 Å². The molecule has 4 heterocycles. The number of morpholine rings is 4. The molecule has 520 valence electrons. The number of nitrogens with zero attached hydrogens (tertiary/aromatic N) is 6. The van der Waals surface area contributed by atoms with E-state index < -0.39 is 66.7 Å². The van der Waals surface area contributed by atoms with E-state index in [1.54, 1.807) is 12.1 Å². The minimum absolute atomic E-state index is 0.0232. The summed E-state index contributed by atoms with van der Waals surface area (Å²) < 4.78 is 161. The maximum Gasteiger partial charge on any atom is 0.416 e. The number of nitrogens with two attached hydrogens (primary N) is 2. The van der Waals surface area contributed by atoms with Crippen LogP contribution in [0.2, 0.25) is 0 Å². The number of benzene rings is 5. The number of hydrogen-bond acceptors (Lipinski definition) is 23. The highest BCUT2D eigenvalue weighted by atomic mass is 35.7. The molecule has 38 heteroatoms. The van der Waals surface area contributed by atoms with E-state index in [1.165, 1.54) is 60.7 Å². The summed E-state index contributed by atoms with van der Waals surface area (Å²) >= 11 is 0. The number of nitro benzene ring substituents is 2. The Bertz CT molecular complexity index is 3590. The van der Waals surface area contributed by atoms with Crippen molar-refractivity contribution >= 4 is 84.3 Å². The summed E-state index contributed by atoms with van der Waals surface area (Å²) in [4.78, 5) is 40.5. The maximum atomic E-state index is 12.6. The van der Waals surface area contributed by atoms with E-state index >= 15 is 0 Å². The summed E-state index contributed by atoms with van der Waals surface area (Å²) in [6.45, 7) is 17.3. The third kappa shape index (κ3) is 28.8. The first kappa shape index (κ1) is 78.1. The van der Waals surface area contributed by atoms with Gasteiger partial charge in [-0.15, -0.1) is 0 Å². The van der Waals surface area contributed by atoms with Crippen molar-refractivity contribution in [3.8, 4) is 0 Å². The molecule has 0 saturated carbocycles. The van der Waals surface area contributed by atoms with E-state index in [9.17, 15) is 71.9 Å². The molecule has 4 aliphatic rings. The molecule has 0 atom stereocenters. The van der Waals surface area contributed by atoms with E-state index in [-0.39, 0.29) is 43.2 Å². The van der Waals surface area contributed by atoms with E-state index in [0.717, 1.165) is 127 Å². The molecule has 5 aromatic carbocycles. The highest BCUT2D eigenvalue weighted by Gasteiger charge is 2.30. The molecule has 0 bridgehead atoms. The zero-order valence-corrected chi connectivity index (χ0v) is 55.0. The predicted octanol–water partition coefficient (Wildman–Crippen LogP) is 3.84. The molecule has 0 unspecified atom stereocenters. The highest BCUT2D eigenvalue weighted by Crippen LogP contribution is 2.30. The molecule has 30 nitrogen and oxygen atoms in total. The summed E-state index contributed by atoms with van der Waals surface area (Å²) in [6.07, 6.45) is -4.46. The standard InChI is InChI=1S/C20H23F3N4O4S.C12H17N3O5S.C12H19N3O3S.C6H4ClNO4S.C6H14N2O/c21-20(22,23)15-1-3-16(4-2-15)25-19(28)26-17-5-7-18(8-6-17)32(29,30)24-9-10-27-11-13-31-14-12-27;16-15(17)11-1-3-12(4-2-11)21(18,19)13-5-6-14-7-9-20-10-8-14;13-11-1-3-12(4-2-11)19(16,17)14-5-6-15-7-9-18-10-8-15;7-13(11,12)6-3-1-5(2-4-6)8(9)10;7-1-2-8-3-5-9-6-4-8/h1-8,24H,9-14H2,(H2,25,26,28);1-4,13H,5-10H2;1-4,14H,5-10,13H2;1-4H;1-7H2. The van der Waals surface area contributed by atoms with Gasteiger partial charge < -0.3 is 41.0 Å². The van der Waals surface area contributed by atoms with Crippen LogP contribution in [0.5, 0.6) is 0 Å². The van der Waals surface area contributed by atoms with Crippen molar-refractivity contribution in [2.45, 2.75) is 25.8 Å². The number of hydrogen-bond donors (Lipinski definition) is 7. The molecule has 9 rings (SSSR count). The van der Waals surface area contributed by atoms with Crippen LogP contribution in [0.25, 0.3) is 0 Å². The number of amides is 2. The lowest BCUT2D eigenvalue weighted by Crippen LogP contribution is -2.41. The Morgan fingerprint density at radius 3 is 1.03 bits per heavy atom. The summed E-state index contributed by atoms with van der Waals surface area (Å²) in [5, 5.41) is 25.6. The van der Waals surface area contributed by atoms with E-state index in [4.69, 9.17) is 41.1 Å². The number of halogens is 4. The van der Waals surface area contributed by atoms with Gasteiger partial charge in [0.15, 0.2) is 0 Å². The average Bonchev–Trinajstić information content (AvgIpc) is 0.899.